The van der Waals surface area contributed by atoms with E-state index in [0.29, 0.717) is 0 Å². The van der Waals surface area contributed by atoms with Gasteiger partial charge < -0.3 is 0 Å². The highest BCUT2D eigenvalue weighted by atomic mass is 16.1. The number of rotatable bonds is 5. The van der Waals surface area contributed by atoms with Crippen molar-refractivity contribution in [1.82, 2.24) is 0 Å². The highest BCUT2D eigenvalue weighted by Gasteiger charge is 1.79. The lowest BCUT2D eigenvalue weighted by molar-refractivity contribution is 0.564. The second-order valence-corrected chi connectivity index (χ2v) is 2.02. The van der Waals surface area contributed by atoms with Crippen LogP contribution in [0.2, 0.25) is 0 Å². The van der Waals surface area contributed by atoms with Crippen molar-refractivity contribution >= 4 is 6.29 Å². The van der Waals surface area contributed by atoms with Crippen LogP contribution in [0.3, 0.4) is 0 Å². The minimum absolute atomic E-state index is 1.02. The lowest BCUT2D eigenvalue weighted by Crippen LogP contribution is -1.70. The van der Waals surface area contributed by atoms with Crippen LogP contribution in [0.1, 0.15) is 32.6 Å². The Morgan fingerprint density at radius 1 is 1.44 bits per heavy atom. The van der Waals surface area contributed by atoms with Gasteiger partial charge in [0.2, 0.25) is 6.29 Å². The van der Waals surface area contributed by atoms with E-state index in [1.54, 1.807) is 6.29 Å². The van der Waals surface area contributed by atoms with Crippen molar-refractivity contribution in [2.75, 3.05) is 0 Å². The minimum Gasteiger partial charge on any atom is -0.286 e. The molecule has 0 aromatic rings. The van der Waals surface area contributed by atoms with E-state index in [1.165, 1.54) is 25.3 Å². The van der Waals surface area contributed by atoms with Gasteiger partial charge in [-0.3, -0.25) is 4.79 Å². The first-order chi connectivity index (χ1) is 4.41. The standard InChI is InChI=1S/C8H13O/c1-2-3-4-5-6-7-8-9/h6-7H,2-5H2,1H3/b7-6+. The second-order valence-electron chi connectivity index (χ2n) is 2.02. The van der Waals surface area contributed by atoms with E-state index < -0.39 is 0 Å². The van der Waals surface area contributed by atoms with E-state index in [1.807, 2.05) is 6.08 Å². The lowest BCUT2D eigenvalue weighted by atomic mass is 10.2. The smallest absolute Gasteiger partial charge is 0.225 e. The van der Waals surface area contributed by atoms with Crippen molar-refractivity contribution in [3.8, 4) is 0 Å². The van der Waals surface area contributed by atoms with E-state index >= 15 is 0 Å². The molecule has 1 nitrogen and oxygen atoms in total. The summed E-state index contributed by atoms with van der Waals surface area (Å²) in [6.07, 6.45) is 9.71. The topological polar surface area (TPSA) is 17.1 Å². The van der Waals surface area contributed by atoms with Crippen molar-refractivity contribution in [2.45, 2.75) is 32.6 Å². The zero-order chi connectivity index (χ0) is 6.95. The molecule has 0 aliphatic heterocycles. The van der Waals surface area contributed by atoms with Crippen molar-refractivity contribution in [3.63, 3.8) is 0 Å². The summed E-state index contributed by atoms with van der Waals surface area (Å²) in [7, 11) is 0. The molecule has 0 N–H and O–H groups in total. The summed E-state index contributed by atoms with van der Waals surface area (Å²) in [5.74, 6) is 0. The average molecular weight is 125 g/mol. The third-order valence-electron chi connectivity index (χ3n) is 1.16. The SMILES string of the molecule is CCCCC/C=C/[C]=O. The molecular formula is C8H13O. The quantitative estimate of drug-likeness (QED) is 0.407. The Kier molecular flexibility index (Phi) is 6.92. The van der Waals surface area contributed by atoms with Crippen LogP contribution in [0.25, 0.3) is 0 Å². The van der Waals surface area contributed by atoms with Crippen molar-refractivity contribution in [2.24, 2.45) is 0 Å². The molecule has 0 atom stereocenters. The molecule has 9 heavy (non-hydrogen) atoms. The molecule has 0 aromatic heterocycles. The van der Waals surface area contributed by atoms with Crippen molar-refractivity contribution in [1.29, 1.82) is 0 Å². The Morgan fingerprint density at radius 3 is 2.78 bits per heavy atom. The summed E-state index contributed by atoms with van der Waals surface area (Å²) < 4.78 is 0. The Hall–Kier alpha value is -0.590. The molecule has 0 saturated heterocycles. The van der Waals surface area contributed by atoms with E-state index in [-0.39, 0.29) is 0 Å². The number of unbranched alkanes of at least 4 members (excludes halogenated alkanes) is 3. The summed E-state index contributed by atoms with van der Waals surface area (Å²) in [5, 5.41) is 0. The van der Waals surface area contributed by atoms with Crippen molar-refractivity contribution in [3.05, 3.63) is 12.2 Å². The molecule has 0 saturated carbocycles. The fourth-order valence-corrected chi connectivity index (χ4v) is 0.644. The molecule has 51 valence electrons. The van der Waals surface area contributed by atoms with E-state index in [0.717, 1.165) is 6.42 Å². The Morgan fingerprint density at radius 2 is 2.22 bits per heavy atom. The Balaban J connectivity index is 2.90. The van der Waals surface area contributed by atoms with Gasteiger partial charge in [0, 0.05) is 0 Å². The molecule has 0 aromatic carbocycles. The van der Waals surface area contributed by atoms with Crippen LogP contribution in [0.15, 0.2) is 12.2 Å². The number of hydrogen-bond acceptors (Lipinski definition) is 1. The van der Waals surface area contributed by atoms with Gasteiger partial charge in [0.25, 0.3) is 0 Å². The molecule has 0 aliphatic carbocycles. The molecule has 0 fully saturated rings. The van der Waals surface area contributed by atoms with Gasteiger partial charge in [0.05, 0.1) is 0 Å². The second kappa shape index (κ2) is 7.41. The monoisotopic (exact) mass is 125 g/mol. The number of hydrogen-bond donors (Lipinski definition) is 0. The molecule has 0 aliphatic rings. The fraction of sp³-hybridized carbons (Fsp3) is 0.625. The fourth-order valence-electron chi connectivity index (χ4n) is 0.644. The van der Waals surface area contributed by atoms with Crippen LogP contribution >= 0.6 is 0 Å². The first-order valence-electron chi connectivity index (χ1n) is 3.44. The Labute approximate surface area is 56.8 Å². The van der Waals surface area contributed by atoms with Crippen LogP contribution in [0.5, 0.6) is 0 Å². The first kappa shape index (κ1) is 8.41. The van der Waals surface area contributed by atoms with Gasteiger partial charge in [-0.15, -0.1) is 0 Å². The molecule has 0 bridgehead atoms. The maximum absolute atomic E-state index is 9.63. The predicted molar refractivity (Wildman–Crippen MR) is 39.0 cm³/mol. The van der Waals surface area contributed by atoms with Gasteiger partial charge in [0.1, 0.15) is 0 Å². The largest absolute Gasteiger partial charge is 0.286 e. The van der Waals surface area contributed by atoms with Gasteiger partial charge >= 0.3 is 0 Å². The summed E-state index contributed by atoms with van der Waals surface area (Å²) >= 11 is 0. The molecule has 1 heteroatoms. The van der Waals surface area contributed by atoms with Crippen LogP contribution < -0.4 is 0 Å². The lowest BCUT2D eigenvalue weighted by Gasteiger charge is -1.88. The Bertz CT molecular complexity index is 84.6. The zero-order valence-corrected chi connectivity index (χ0v) is 5.89. The molecule has 0 unspecified atom stereocenters. The maximum atomic E-state index is 9.63. The van der Waals surface area contributed by atoms with Gasteiger partial charge in [-0.1, -0.05) is 25.8 Å². The van der Waals surface area contributed by atoms with Crippen molar-refractivity contribution < 1.29 is 4.79 Å². The molecule has 0 heterocycles. The summed E-state index contributed by atoms with van der Waals surface area (Å²) in [4.78, 5) is 9.63. The zero-order valence-electron chi connectivity index (χ0n) is 5.89. The van der Waals surface area contributed by atoms with Crippen LogP contribution in [0.4, 0.5) is 0 Å². The van der Waals surface area contributed by atoms with Gasteiger partial charge in [-0.05, 0) is 18.9 Å². The molecule has 0 amide bonds. The summed E-state index contributed by atoms with van der Waals surface area (Å²) in [5.41, 5.74) is 0. The third kappa shape index (κ3) is 7.41. The molecule has 1 radical (unpaired) electrons. The number of carbonyl (C=O) groups excluding carboxylic acids is 1. The molecular weight excluding hydrogens is 112 g/mol. The number of allylic oxidation sites excluding steroid dienone is 2. The van der Waals surface area contributed by atoms with E-state index in [4.69, 9.17) is 0 Å². The summed E-state index contributed by atoms with van der Waals surface area (Å²) in [6.45, 7) is 2.16. The summed E-state index contributed by atoms with van der Waals surface area (Å²) in [6, 6.07) is 0. The van der Waals surface area contributed by atoms with Crippen LogP contribution in [-0.2, 0) is 4.79 Å². The minimum atomic E-state index is 1.02. The van der Waals surface area contributed by atoms with Crippen LogP contribution in [-0.4, -0.2) is 6.29 Å². The highest BCUT2D eigenvalue weighted by molar-refractivity contribution is 5.65. The predicted octanol–water partition coefficient (Wildman–Crippen LogP) is 2.23. The molecule has 0 spiro atoms. The normalized spacial score (nSPS) is 10.3. The first-order valence-corrected chi connectivity index (χ1v) is 3.44. The third-order valence-corrected chi connectivity index (χ3v) is 1.16. The maximum Gasteiger partial charge on any atom is 0.225 e. The van der Waals surface area contributed by atoms with E-state index in [2.05, 4.69) is 6.92 Å². The molecule has 0 rings (SSSR count). The highest BCUT2D eigenvalue weighted by Crippen LogP contribution is 1.98. The van der Waals surface area contributed by atoms with Gasteiger partial charge in [-0.2, -0.15) is 0 Å². The van der Waals surface area contributed by atoms with Gasteiger partial charge in [-0.25, -0.2) is 0 Å². The average Bonchev–Trinajstić information content (AvgIpc) is 1.89. The van der Waals surface area contributed by atoms with E-state index in [9.17, 15) is 4.79 Å². The van der Waals surface area contributed by atoms with Gasteiger partial charge in [0.15, 0.2) is 0 Å². The van der Waals surface area contributed by atoms with Crippen LogP contribution in [0, 0.1) is 0 Å².